The number of hydrogen-bond donors (Lipinski definition) is 1. The number of H-pyrrole nitrogens is 1. The summed E-state index contributed by atoms with van der Waals surface area (Å²) < 4.78 is 36.3. The molecular weight excluding hydrogens is 522 g/mol. The van der Waals surface area contributed by atoms with E-state index >= 15 is 0 Å². The Labute approximate surface area is 205 Å². The van der Waals surface area contributed by atoms with Gasteiger partial charge in [-0.05, 0) is 55.8 Å². The SMILES string of the molecule is CCCn1ncc2c(=O)[nH]c(-c3cc(S(=O)(=O)N(C)c4ccc(Br)cc4)ccc3OCC)nc21. The van der Waals surface area contributed by atoms with Gasteiger partial charge in [-0.3, -0.25) is 9.10 Å². The summed E-state index contributed by atoms with van der Waals surface area (Å²) in [6, 6.07) is 11.5. The maximum absolute atomic E-state index is 13.4. The van der Waals surface area contributed by atoms with Crippen LogP contribution in [-0.2, 0) is 16.6 Å². The molecule has 2 aromatic carbocycles. The van der Waals surface area contributed by atoms with Crippen LogP contribution in [0.3, 0.4) is 0 Å². The summed E-state index contributed by atoms with van der Waals surface area (Å²) in [6.07, 6.45) is 2.30. The zero-order valence-corrected chi connectivity index (χ0v) is 21.4. The second-order valence-corrected chi connectivity index (χ2v) is 10.4. The highest BCUT2D eigenvalue weighted by Gasteiger charge is 2.24. The number of ether oxygens (including phenoxy) is 1. The highest BCUT2D eigenvalue weighted by Crippen LogP contribution is 2.32. The van der Waals surface area contributed by atoms with Crippen molar-refractivity contribution in [1.29, 1.82) is 0 Å². The summed E-state index contributed by atoms with van der Waals surface area (Å²) in [5.41, 5.74) is 0.957. The average molecular weight is 546 g/mol. The summed E-state index contributed by atoms with van der Waals surface area (Å²) >= 11 is 3.36. The Hall–Kier alpha value is -3.18. The molecule has 34 heavy (non-hydrogen) atoms. The van der Waals surface area contributed by atoms with Crippen molar-refractivity contribution in [2.24, 2.45) is 0 Å². The number of fused-ring (bicyclic) bond motifs is 1. The van der Waals surface area contributed by atoms with E-state index in [1.54, 1.807) is 35.0 Å². The van der Waals surface area contributed by atoms with Gasteiger partial charge < -0.3 is 9.72 Å². The lowest BCUT2D eigenvalue weighted by Crippen LogP contribution is -2.26. The van der Waals surface area contributed by atoms with E-state index in [9.17, 15) is 13.2 Å². The molecule has 0 fully saturated rings. The van der Waals surface area contributed by atoms with E-state index in [4.69, 9.17) is 4.74 Å². The monoisotopic (exact) mass is 545 g/mol. The van der Waals surface area contributed by atoms with Crippen molar-refractivity contribution in [3.63, 3.8) is 0 Å². The van der Waals surface area contributed by atoms with Crippen molar-refractivity contribution in [3.8, 4) is 17.1 Å². The van der Waals surface area contributed by atoms with Gasteiger partial charge >= 0.3 is 0 Å². The van der Waals surface area contributed by atoms with Gasteiger partial charge in [0.15, 0.2) is 5.65 Å². The van der Waals surface area contributed by atoms with Crippen LogP contribution in [0.1, 0.15) is 20.3 Å². The zero-order chi connectivity index (χ0) is 24.5. The number of anilines is 1. The molecule has 11 heteroatoms. The Morgan fingerprint density at radius 3 is 2.56 bits per heavy atom. The number of sulfonamides is 1. The van der Waals surface area contributed by atoms with Crippen LogP contribution in [-0.4, -0.2) is 41.8 Å². The van der Waals surface area contributed by atoms with Gasteiger partial charge in [-0.25, -0.2) is 18.1 Å². The van der Waals surface area contributed by atoms with Crippen molar-refractivity contribution in [2.45, 2.75) is 31.7 Å². The molecule has 0 spiro atoms. The van der Waals surface area contributed by atoms with Crippen molar-refractivity contribution in [2.75, 3.05) is 18.0 Å². The van der Waals surface area contributed by atoms with Crippen LogP contribution in [0.4, 0.5) is 5.69 Å². The third kappa shape index (κ3) is 4.45. The first-order valence-electron chi connectivity index (χ1n) is 10.7. The van der Waals surface area contributed by atoms with E-state index in [2.05, 4.69) is 31.0 Å². The number of hydrogen-bond acceptors (Lipinski definition) is 6. The van der Waals surface area contributed by atoms with Gasteiger partial charge in [0.2, 0.25) is 0 Å². The number of benzene rings is 2. The molecule has 0 saturated heterocycles. The first-order valence-corrected chi connectivity index (χ1v) is 13.0. The van der Waals surface area contributed by atoms with Crippen molar-refractivity contribution in [1.82, 2.24) is 19.7 Å². The number of rotatable bonds is 8. The molecular formula is C23H24BrN5O4S. The highest BCUT2D eigenvalue weighted by atomic mass is 79.9. The highest BCUT2D eigenvalue weighted by molar-refractivity contribution is 9.10. The predicted octanol–water partition coefficient (Wildman–Crippen LogP) is 4.18. The summed E-state index contributed by atoms with van der Waals surface area (Å²) in [5, 5.41) is 4.63. The van der Waals surface area contributed by atoms with Gasteiger partial charge in [-0.2, -0.15) is 5.10 Å². The maximum Gasteiger partial charge on any atom is 0.264 e. The van der Waals surface area contributed by atoms with E-state index in [0.717, 1.165) is 10.9 Å². The summed E-state index contributed by atoms with van der Waals surface area (Å²) in [4.78, 5) is 20.2. The van der Waals surface area contributed by atoms with Crippen LogP contribution < -0.4 is 14.6 Å². The minimum atomic E-state index is -3.90. The Balaban J connectivity index is 1.86. The lowest BCUT2D eigenvalue weighted by atomic mass is 10.2. The van der Waals surface area contributed by atoms with Crippen LogP contribution >= 0.6 is 15.9 Å². The topological polar surface area (TPSA) is 110 Å². The van der Waals surface area contributed by atoms with E-state index in [0.29, 0.717) is 41.2 Å². The number of aryl methyl sites for hydroxylation is 1. The molecule has 0 bridgehead atoms. The lowest BCUT2D eigenvalue weighted by molar-refractivity contribution is 0.341. The number of aromatic nitrogens is 4. The van der Waals surface area contributed by atoms with Crippen molar-refractivity contribution >= 4 is 42.7 Å². The number of nitrogens with one attached hydrogen (secondary N) is 1. The summed E-state index contributed by atoms with van der Waals surface area (Å²) in [5.74, 6) is 0.624. The van der Waals surface area contributed by atoms with E-state index < -0.39 is 10.0 Å². The zero-order valence-electron chi connectivity index (χ0n) is 18.9. The maximum atomic E-state index is 13.4. The minimum absolute atomic E-state index is 0.0428. The van der Waals surface area contributed by atoms with Crippen LogP contribution in [0.25, 0.3) is 22.4 Å². The molecule has 0 saturated carbocycles. The molecule has 0 aliphatic rings. The average Bonchev–Trinajstić information content (AvgIpc) is 3.23. The van der Waals surface area contributed by atoms with E-state index in [-0.39, 0.29) is 16.3 Å². The fraction of sp³-hybridized carbons (Fsp3) is 0.261. The van der Waals surface area contributed by atoms with Crippen LogP contribution in [0.2, 0.25) is 0 Å². The summed E-state index contributed by atoms with van der Waals surface area (Å²) in [7, 11) is -2.41. The normalized spacial score (nSPS) is 11.6. The van der Waals surface area contributed by atoms with Gasteiger partial charge in [-0.15, -0.1) is 0 Å². The van der Waals surface area contributed by atoms with Gasteiger partial charge in [0.25, 0.3) is 15.6 Å². The van der Waals surface area contributed by atoms with Crippen molar-refractivity contribution in [3.05, 3.63) is 63.5 Å². The number of aromatic amines is 1. The molecule has 2 aromatic heterocycles. The van der Waals surface area contributed by atoms with Crippen molar-refractivity contribution < 1.29 is 13.2 Å². The second kappa shape index (κ2) is 9.59. The molecule has 4 aromatic rings. The lowest BCUT2D eigenvalue weighted by Gasteiger charge is -2.20. The van der Waals surface area contributed by atoms with Crippen LogP contribution in [0.15, 0.2) is 62.8 Å². The standard InChI is InChI=1S/C23H24BrN5O4S/c1-4-12-29-22-19(14-25-29)23(30)27-21(26-22)18-13-17(10-11-20(18)33-5-2)34(31,32)28(3)16-8-6-15(24)7-9-16/h6-11,13-14H,4-5,12H2,1-3H3,(H,26,27,30). The first kappa shape index (κ1) is 24.0. The molecule has 0 unspecified atom stereocenters. The third-order valence-corrected chi connectivity index (χ3v) is 7.61. The Kier molecular flexibility index (Phi) is 6.76. The molecule has 0 radical (unpaired) electrons. The Morgan fingerprint density at radius 2 is 1.88 bits per heavy atom. The quantitative estimate of drug-likeness (QED) is 0.355. The third-order valence-electron chi connectivity index (χ3n) is 5.30. The molecule has 0 amide bonds. The molecule has 178 valence electrons. The molecule has 4 rings (SSSR count). The van der Waals surface area contributed by atoms with Gasteiger partial charge in [-0.1, -0.05) is 22.9 Å². The Bertz CT molecular complexity index is 1500. The molecule has 0 aliphatic carbocycles. The van der Waals surface area contributed by atoms with Gasteiger partial charge in [0.1, 0.15) is 17.0 Å². The fourth-order valence-corrected chi connectivity index (χ4v) is 5.04. The first-order chi connectivity index (χ1) is 16.3. The minimum Gasteiger partial charge on any atom is -0.493 e. The molecule has 9 nitrogen and oxygen atoms in total. The molecule has 2 heterocycles. The molecule has 0 aliphatic heterocycles. The van der Waals surface area contributed by atoms with Gasteiger partial charge in [0, 0.05) is 18.1 Å². The Morgan fingerprint density at radius 1 is 1.15 bits per heavy atom. The van der Waals surface area contributed by atoms with Crippen LogP contribution in [0, 0.1) is 0 Å². The largest absolute Gasteiger partial charge is 0.493 e. The number of nitrogens with zero attached hydrogens (tertiary/aromatic N) is 4. The second-order valence-electron chi connectivity index (χ2n) is 7.56. The molecule has 0 atom stereocenters. The van der Waals surface area contributed by atoms with E-state index in [1.165, 1.54) is 29.7 Å². The fourth-order valence-electron chi connectivity index (χ4n) is 3.55. The smallest absolute Gasteiger partial charge is 0.264 e. The van der Waals surface area contributed by atoms with E-state index in [1.807, 2.05) is 13.8 Å². The number of halogens is 1. The van der Waals surface area contributed by atoms with Gasteiger partial charge in [0.05, 0.1) is 29.0 Å². The summed E-state index contributed by atoms with van der Waals surface area (Å²) in [6.45, 7) is 4.79. The van der Waals surface area contributed by atoms with Crippen LogP contribution in [0.5, 0.6) is 5.75 Å². The predicted molar refractivity (Wildman–Crippen MR) is 135 cm³/mol. The molecule has 1 N–H and O–H groups in total.